The van der Waals surface area contributed by atoms with Crippen LogP contribution in [0.3, 0.4) is 0 Å². The molecular formula is C13H22N4O2. The molecule has 1 unspecified atom stereocenters. The van der Waals surface area contributed by atoms with Crippen molar-refractivity contribution in [1.82, 2.24) is 14.7 Å². The van der Waals surface area contributed by atoms with E-state index in [0.717, 1.165) is 31.6 Å². The summed E-state index contributed by atoms with van der Waals surface area (Å²) in [5, 5.41) is 4.28. The normalized spacial score (nSPS) is 18.8. The van der Waals surface area contributed by atoms with Crippen molar-refractivity contribution >= 4 is 11.6 Å². The minimum atomic E-state index is -0.0947. The topological polar surface area (TPSA) is 73.4 Å². The van der Waals surface area contributed by atoms with Crippen molar-refractivity contribution in [3.63, 3.8) is 0 Å². The highest BCUT2D eigenvalue weighted by atomic mass is 16.5. The van der Waals surface area contributed by atoms with E-state index in [1.54, 1.807) is 23.7 Å². The molecule has 6 nitrogen and oxygen atoms in total. The van der Waals surface area contributed by atoms with E-state index in [0.29, 0.717) is 17.9 Å². The average molecular weight is 266 g/mol. The van der Waals surface area contributed by atoms with Crippen molar-refractivity contribution in [2.75, 3.05) is 25.9 Å². The number of hydrogen-bond acceptors (Lipinski definition) is 4. The number of rotatable bonds is 4. The molecule has 6 heteroatoms. The van der Waals surface area contributed by atoms with Crippen LogP contribution in [0.1, 0.15) is 35.9 Å². The van der Waals surface area contributed by atoms with Crippen LogP contribution in [0, 0.1) is 0 Å². The van der Waals surface area contributed by atoms with Gasteiger partial charge in [-0.3, -0.25) is 9.48 Å². The van der Waals surface area contributed by atoms with E-state index in [1.165, 1.54) is 0 Å². The molecule has 19 heavy (non-hydrogen) atoms. The molecule has 0 aromatic carbocycles. The van der Waals surface area contributed by atoms with Crippen LogP contribution in [0.5, 0.6) is 0 Å². The molecule has 1 aromatic rings. The minimum absolute atomic E-state index is 0.0947. The molecule has 1 aromatic heterocycles. The summed E-state index contributed by atoms with van der Waals surface area (Å²) >= 11 is 0. The lowest BCUT2D eigenvalue weighted by Crippen LogP contribution is -2.35. The molecule has 1 amide bonds. The molecular weight excluding hydrogens is 244 g/mol. The highest BCUT2D eigenvalue weighted by molar-refractivity contribution is 5.97. The second-order valence-electron chi connectivity index (χ2n) is 5.01. The standard InChI is InChI=1S/C13H22N4O2/c1-4-10-11(14)12(17(3)15-10)13(18)16(2)8-9-6-5-7-19-9/h9H,4-8,14H2,1-3H3. The van der Waals surface area contributed by atoms with E-state index in [4.69, 9.17) is 10.5 Å². The number of nitrogens with two attached hydrogens (primary N) is 1. The van der Waals surface area contributed by atoms with Gasteiger partial charge < -0.3 is 15.4 Å². The number of nitrogen functional groups attached to an aromatic ring is 1. The number of nitrogens with zero attached hydrogens (tertiary/aromatic N) is 3. The second-order valence-corrected chi connectivity index (χ2v) is 5.01. The fourth-order valence-electron chi connectivity index (χ4n) is 2.47. The summed E-state index contributed by atoms with van der Waals surface area (Å²) in [6.45, 7) is 3.37. The monoisotopic (exact) mass is 266 g/mol. The van der Waals surface area contributed by atoms with Crippen LogP contribution in [-0.4, -0.2) is 46.9 Å². The van der Waals surface area contributed by atoms with E-state index < -0.39 is 0 Å². The van der Waals surface area contributed by atoms with Crippen molar-refractivity contribution in [1.29, 1.82) is 0 Å². The molecule has 0 bridgehead atoms. The Morgan fingerprint density at radius 2 is 2.37 bits per heavy atom. The summed E-state index contributed by atoms with van der Waals surface area (Å²) in [7, 11) is 3.53. The molecule has 1 aliphatic rings. The van der Waals surface area contributed by atoms with Gasteiger partial charge in [0.1, 0.15) is 5.69 Å². The summed E-state index contributed by atoms with van der Waals surface area (Å²) in [4.78, 5) is 14.1. The van der Waals surface area contributed by atoms with Crippen LogP contribution in [0.25, 0.3) is 0 Å². The van der Waals surface area contributed by atoms with E-state index in [2.05, 4.69) is 5.10 Å². The summed E-state index contributed by atoms with van der Waals surface area (Å²) in [6, 6.07) is 0. The van der Waals surface area contributed by atoms with Gasteiger partial charge >= 0.3 is 0 Å². The third-order valence-corrected chi connectivity index (χ3v) is 3.55. The number of likely N-dealkylation sites (N-methyl/N-ethyl adjacent to an activating group) is 1. The molecule has 0 saturated carbocycles. The summed E-state index contributed by atoms with van der Waals surface area (Å²) in [5.74, 6) is -0.0947. The van der Waals surface area contributed by atoms with Gasteiger partial charge in [-0.05, 0) is 19.3 Å². The van der Waals surface area contributed by atoms with Gasteiger partial charge in [-0.1, -0.05) is 6.92 Å². The number of amides is 1. The number of anilines is 1. The summed E-state index contributed by atoms with van der Waals surface area (Å²) in [5.41, 5.74) is 7.74. The number of hydrogen-bond donors (Lipinski definition) is 1. The Kier molecular flexibility index (Phi) is 4.09. The molecule has 106 valence electrons. The number of aromatic nitrogens is 2. The van der Waals surface area contributed by atoms with Crippen molar-refractivity contribution in [2.24, 2.45) is 7.05 Å². The zero-order valence-corrected chi connectivity index (χ0v) is 11.8. The average Bonchev–Trinajstić information content (AvgIpc) is 2.97. The van der Waals surface area contributed by atoms with E-state index in [-0.39, 0.29) is 12.0 Å². The number of ether oxygens (including phenoxy) is 1. The lowest BCUT2D eigenvalue weighted by atomic mass is 10.2. The molecule has 0 aliphatic carbocycles. The first kappa shape index (κ1) is 13.9. The predicted molar refractivity (Wildman–Crippen MR) is 72.9 cm³/mol. The Morgan fingerprint density at radius 1 is 1.63 bits per heavy atom. The minimum Gasteiger partial charge on any atom is -0.395 e. The second kappa shape index (κ2) is 5.61. The zero-order chi connectivity index (χ0) is 14.0. The number of carbonyl (C=O) groups excluding carboxylic acids is 1. The van der Waals surface area contributed by atoms with Crippen molar-refractivity contribution < 1.29 is 9.53 Å². The van der Waals surface area contributed by atoms with Crippen molar-refractivity contribution in [2.45, 2.75) is 32.3 Å². The third-order valence-electron chi connectivity index (χ3n) is 3.55. The van der Waals surface area contributed by atoms with Crippen LogP contribution < -0.4 is 5.73 Å². The summed E-state index contributed by atoms with van der Waals surface area (Å²) in [6.07, 6.45) is 2.95. The van der Waals surface area contributed by atoms with Gasteiger partial charge in [0.05, 0.1) is 17.5 Å². The Bertz CT molecular complexity index is 463. The quantitative estimate of drug-likeness (QED) is 0.875. The van der Waals surface area contributed by atoms with Crippen LogP contribution in [0.15, 0.2) is 0 Å². The van der Waals surface area contributed by atoms with E-state index in [9.17, 15) is 4.79 Å². The van der Waals surface area contributed by atoms with Crippen LogP contribution in [-0.2, 0) is 18.2 Å². The molecule has 1 atom stereocenters. The maximum atomic E-state index is 12.4. The first-order chi connectivity index (χ1) is 9.04. The third kappa shape index (κ3) is 2.73. The summed E-state index contributed by atoms with van der Waals surface area (Å²) < 4.78 is 7.12. The lowest BCUT2D eigenvalue weighted by molar-refractivity contribution is 0.0579. The SMILES string of the molecule is CCc1nn(C)c(C(=O)N(C)CC2CCCO2)c1N. The fraction of sp³-hybridized carbons (Fsp3) is 0.692. The highest BCUT2D eigenvalue weighted by Crippen LogP contribution is 2.20. The van der Waals surface area contributed by atoms with Gasteiger partial charge in [-0.2, -0.15) is 5.10 Å². The molecule has 2 heterocycles. The number of aryl methyl sites for hydroxylation is 2. The largest absolute Gasteiger partial charge is 0.395 e. The van der Waals surface area contributed by atoms with Crippen LogP contribution in [0.2, 0.25) is 0 Å². The van der Waals surface area contributed by atoms with Crippen molar-refractivity contribution in [3.05, 3.63) is 11.4 Å². The van der Waals surface area contributed by atoms with Crippen LogP contribution >= 0.6 is 0 Å². The molecule has 1 aliphatic heterocycles. The van der Waals surface area contributed by atoms with Gasteiger partial charge in [-0.15, -0.1) is 0 Å². The fourth-order valence-corrected chi connectivity index (χ4v) is 2.47. The first-order valence-electron chi connectivity index (χ1n) is 6.73. The molecule has 0 radical (unpaired) electrons. The van der Waals surface area contributed by atoms with E-state index >= 15 is 0 Å². The Morgan fingerprint density at radius 3 is 2.89 bits per heavy atom. The Labute approximate surface area is 113 Å². The first-order valence-corrected chi connectivity index (χ1v) is 6.73. The zero-order valence-electron chi connectivity index (χ0n) is 11.8. The van der Waals surface area contributed by atoms with Gasteiger partial charge in [-0.25, -0.2) is 0 Å². The highest BCUT2D eigenvalue weighted by Gasteiger charge is 2.25. The van der Waals surface area contributed by atoms with Gasteiger partial charge in [0.15, 0.2) is 0 Å². The van der Waals surface area contributed by atoms with Gasteiger partial charge in [0.25, 0.3) is 5.91 Å². The molecule has 2 rings (SSSR count). The maximum absolute atomic E-state index is 12.4. The van der Waals surface area contributed by atoms with Gasteiger partial charge in [0.2, 0.25) is 0 Å². The smallest absolute Gasteiger partial charge is 0.274 e. The van der Waals surface area contributed by atoms with Gasteiger partial charge in [0, 0.05) is 27.2 Å². The number of carbonyl (C=O) groups is 1. The molecule has 1 fully saturated rings. The molecule has 1 saturated heterocycles. The lowest BCUT2D eigenvalue weighted by Gasteiger charge is -2.21. The maximum Gasteiger partial charge on any atom is 0.274 e. The van der Waals surface area contributed by atoms with Crippen LogP contribution in [0.4, 0.5) is 5.69 Å². The molecule has 0 spiro atoms. The van der Waals surface area contributed by atoms with Crippen molar-refractivity contribution in [3.8, 4) is 0 Å². The van der Waals surface area contributed by atoms with E-state index in [1.807, 2.05) is 6.92 Å². The Balaban J connectivity index is 2.12. The molecule has 2 N–H and O–H groups in total. The Hall–Kier alpha value is -1.56. The predicted octanol–water partition coefficient (Wildman–Crippen LogP) is 0.816.